The van der Waals surface area contributed by atoms with Crippen LogP contribution in [-0.2, 0) is 9.59 Å². The van der Waals surface area contributed by atoms with Crippen molar-refractivity contribution in [2.75, 3.05) is 0 Å². The Morgan fingerprint density at radius 1 is 1.00 bits per heavy atom. The largest absolute Gasteiger partial charge is 0.724 e. The van der Waals surface area contributed by atoms with Crippen molar-refractivity contribution in [3.63, 3.8) is 0 Å². The second kappa shape index (κ2) is 56.2. The Balaban J connectivity index is -0.0000000750. The van der Waals surface area contributed by atoms with Gasteiger partial charge < -0.3 is 10.8 Å². The first kappa shape index (κ1) is 15.7. The summed E-state index contributed by atoms with van der Waals surface area (Å²) in [4.78, 5) is 16.5. The molecule has 0 N–H and O–H groups in total. The topological polar surface area (TPSA) is 78.7 Å². The summed E-state index contributed by atoms with van der Waals surface area (Å²) in [6.45, 7) is 6.72. The summed E-state index contributed by atoms with van der Waals surface area (Å²) in [6, 6.07) is 0. The summed E-state index contributed by atoms with van der Waals surface area (Å²) in [5, 5.41) is 13.5. The Hall–Kier alpha value is -1.76. The van der Waals surface area contributed by atoms with Crippen LogP contribution in [0.1, 0.15) is 0 Å². The highest BCUT2D eigenvalue weighted by Crippen LogP contribution is 1.52. The molecule has 54 valence electrons. The van der Waals surface area contributed by atoms with Crippen LogP contribution in [-0.4, -0.2) is 12.2 Å². The molecule has 0 aliphatic heterocycles. The number of hydrogen-bond donors (Lipinski definition) is 0. The summed E-state index contributed by atoms with van der Waals surface area (Å²) < 4.78 is 0. The van der Waals surface area contributed by atoms with E-state index < -0.39 is 0 Å². The maximum absolute atomic E-state index is 8.24. The van der Waals surface area contributed by atoms with E-state index in [2.05, 4.69) is 13.2 Å². The molecule has 0 aromatic carbocycles. The SMILES string of the molecule is C=CC=C.[N-]=C=O.[N-]=C=O. The minimum atomic E-state index is 0.500. The lowest BCUT2D eigenvalue weighted by Crippen LogP contribution is -1.21. The smallest absolute Gasteiger partial charge is 0.0159 e. The number of hydrogen-bond acceptors (Lipinski definition) is 2. The molecular weight excluding hydrogens is 132 g/mol. The van der Waals surface area contributed by atoms with Crippen molar-refractivity contribution >= 4 is 12.2 Å². The van der Waals surface area contributed by atoms with Gasteiger partial charge in [0, 0.05) is 0 Å². The van der Waals surface area contributed by atoms with E-state index in [4.69, 9.17) is 20.4 Å². The third kappa shape index (κ3) is 297. The molecule has 0 unspecified atom stereocenters. The predicted molar refractivity (Wildman–Crippen MR) is 38.5 cm³/mol. The van der Waals surface area contributed by atoms with Crippen molar-refractivity contribution in [1.82, 2.24) is 0 Å². The van der Waals surface area contributed by atoms with Gasteiger partial charge in [-0.05, 0) is 12.2 Å². The Labute approximate surface area is 58.9 Å². The van der Waals surface area contributed by atoms with Crippen molar-refractivity contribution in [2.45, 2.75) is 0 Å². The Kier molecular flexibility index (Phi) is 88.4. The molecule has 0 heterocycles. The molecule has 4 heteroatoms. The second-order valence-corrected chi connectivity index (χ2v) is 0.654. The number of rotatable bonds is 1. The molecular formula is C6H6N2O2-2. The van der Waals surface area contributed by atoms with Crippen molar-refractivity contribution in [1.29, 1.82) is 0 Å². The summed E-state index contributed by atoms with van der Waals surface area (Å²) in [5.41, 5.74) is 0. The van der Waals surface area contributed by atoms with Crippen LogP contribution < -0.4 is 0 Å². The zero-order valence-corrected chi connectivity index (χ0v) is 5.28. The second-order valence-electron chi connectivity index (χ2n) is 0.654. The van der Waals surface area contributed by atoms with Crippen molar-refractivity contribution < 1.29 is 9.59 Å². The average Bonchev–Trinajstić information content (AvgIpc) is 1.91. The van der Waals surface area contributed by atoms with Gasteiger partial charge in [0.05, 0.1) is 0 Å². The summed E-state index contributed by atoms with van der Waals surface area (Å²) >= 11 is 0. The zero-order chi connectivity index (χ0) is 8.83. The van der Waals surface area contributed by atoms with E-state index in [1.165, 1.54) is 0 Å². The maximum atomic E-state index is 8.24. The predicted octanol–water partition coefficient (Wildman–Crippen LogP) is 1.14. The van der Waals surface area contributed by atoms with Gasteiger partial charge in [0.2, 0.25) is 0 Å². The van der Waals surface area contributed by atoms with Gasteiger partial charge in [-0.3, -0.25) is 9.59 Å². The lowest BCUT2D eigenvalue weighted by Gasteiger charge is -1.44. The van der Waals surface area contributed by atoms with E-state index in [1.807, 2.05) is 0 Å². The van der Waals surface area contributed by atoms with Gasteiger partial charge in [-0.15, -0.1) is 0 Å². The third-order valence-corrected chi connectivity index (χ3v) is 0.167. The van der Waals surface area contributed by atoms with Crippen LogP contribution in [0.4, 0.5) is 0 Å². The fraction of sp³-hybridized carbons (Fsp3) is 0. The first-order chi connectivity index (χ1) is 4.74. The summed E-state index contributed by atoms with van der Waals surface area (Å²) in [7, 11) is 0. The minimum absolute atomic E-state index is 0.500. The summed E-state index contributed by atoms with van der Waals surface area (Å²) in [5.74, 6) is 0. The highest BCUT2D eigenvalue weighted by atomic mass is 16.1. The van der Waals surface area contributed by atoms with Crippen molar-refractivity contribution in [3.8, 4) is 0 Å². The molecule has 0 bridgehead atoms. The highest BCUT2D eigenvalue weighted by molar-refractivity contribution is 5.37. The normalized spacial score (nSPS) is 3.60. The molecule has 0 radical (unpaired) electrons. The molecule has 0 amide bonds. The molecule has 0 aromatic rings. The number of carbonyl (C=O) groups excluding carboxylic acids is 2. The summed E-state index contributed by atoms with van der Waals surface area (Å²) in [6.07, 6.45) is 4.28. The molecule has 0 fully saturated rings. The number of nitrogens with zero attached hydrogens (tertiary/aromatic N) is 2. The molecule has 4 nitrogen and oxygen atoms in total. The molecule has 0 saturated carbocycles. The monoisotopic (exact) mass is 138 g/mol. The van der Waals surface area contributed by atoms with Crippen molar-refractivity contribution in [2.24, 2.45) is 0 Å². The van der Waals surface area contributed by atoms with Crippen molar-refractivity contribution in [3.05, 3.63) is 36.1 Å². The average molecular weight is 138 g/mol. The van der Waals surface area contributed by atoms with Crippen LogP contribution >= 0.6 is 0 Å². The fourth-order valence-corrected chi connectivity index (χ4v) is 0. The number of isocyanates is 2. The minimum Gasteiger partial charge on any atom is -0.724 e. The zero-order valence-electron chi connectivity index (χ0n) is 5.28. The Morgan fingerprint density at radius 3 is 1.10 bits per heavy atom. The van der Waals surface area contributed by atoms with E-state index in [-0.39, 0.29) is 0 Å². The third-order valence-electron chi connectivity index (χ3n) is 0.167. The lowest BCUT2D eigenvalue weighted by molar-refractivity contribution is 0.568. The van der Waals surface area contributed by atoms with E-state index in [0.29, 0.717) is 12.2 Å². The van der Waals surface area contributed by atoms with Gasteiger partial charge in [0.25, 0.3) is 0 Å². The van der Waals surface area contributed by atoms with Crippen LogP contribution in [0.25, 0.3) is 10.8 Å². The maximum Gasteiger partial charge on any atom is -0.0159 e. The molecule has 10 heavy (non-hydrogen) atoms. The highest BCUT2D eigenvalue weighted by Gasteiger charge is 1.29. The Morgan fingerprint density at radius 2 is 1.10 bits per heavy atom. The fourth-order valence-electron chi connectivity index (χ4n) is 0. The standard InChI is InChI=1S/C4H6.2CNO/c1-3-4-2;2*2-1-3/h3-4H,1-2H2;;/q;2*-1. The Bertz CT molecular complexity index is 122. The van der Waals surface area contributed by atoms with Gasteiger partial charge in [0.1, 0.15) is 0 Å². The molecule has 0 aliphatic carbocycles. The molecule has 0 rings (SSSR count). The lowest BCUT2D eigenvalue weighted by atomic mass is 10.6. The quantitative estimate of drug-likeness (QED) is 0.309. The molecule has 0 saturated heterocycles. The van der Waals surface area contributed by atoms with Crippen LogP contribution in [0.15, 0.2) is 25.3 Å². The van der Waals surface area contributed by atoms with E-state index in [9.17, 15) is 0 Å². The van der Waals surface area contributed by atoms with Crippen LogP contribution in [0, 0.1) is 0 Å². The number of allylic oxidation sites excluding steroid dienone is 2. The molecule has 0 atom stereocenters. The van der Waals surface area contributed by atoms with E-state index in [0.717, 1.165) is 0 Å². The van der Waals surface area contributed by atoms with Gasteiger partial charge in [-0.25, -0.2) is 0 Å². The van der Waals surface area contributed by atoms with Gasteiger partial charge in [-0.2, -0.15) is 0 Å². The molecule has 0 spiro atoms. The molecule has 0 aliphatic rings. The van der Waals surface area contributed by atoms with E-state index in [1.54, 1.807) is 12.2 Å². The van der Waals surface area contributed by atoms with Crippen LogP contribution in [0.2, 0.25) is 0 Å². The first-order valence-electron chi connectivity index (χ1n) is 2.01. The van der Waals surface area contributed by atoms with Gasteiger partial charge >= 0.3 is 0 Å². The van der Waals surface area contributed by atoms with Gasteiger partial charge in [0.15, 0.2) is 0 Å². The van der Waals surface area contributed by atoms with Crippen LogP contribution in [0.5, 0.6) is 0 Å². The molecule has 0 aromatic heterocycles. The first-order valence-corrected chi connectivity index (χ1v) is 2.01. The van der Waals surface area contributed by atoms with E-state index >= 15 is 0 Å². The van der Waals surface area contributed by atoms with Crippen LogP contribution in [0.3, 0.4) is 0 Å². The van der Waals surface area contributed by atoms with Gasteiger partial charge in [-0.1, -0.05) is 25.3 Å².